The van der Waals surface area contributed by atoms with E-state index in [2.05, 4.69) is 10.3 Å². The van der Waals surface area contributed by atoms with Crippen molar-refractivity contribution in [3.8, 4) is 0 Å². The van der Waals surface area contributed by atoms with Gasteiger partial charge in [0.05, 0.1) is 18.7 Å². The molecule has 0 amide bonds. The van der Waals surface area contributed by atoms with Crippen LogP contribution in [0, 0.1) is 0 Å². The third-order valence-corrected chi connectivity index (χ3v) is 2.18. The van der Waals surface area contributed by atoms with Gasteiger partial charge in [-0.3, -0.25) is 4.68 Å². The number of aromatic nitrogens is 3. The van der Waals surface area contributed by atoms with Gasteiger partial charge in [0, 0.05) is 12.6 Å². The largest absolute Gasteiger partial charge is 0.472 e. The van der Waals surface area contributed by atoms with E-state index in [0.29, 0.717) is 11.3 Å². The molecule has 0 bridgehead atoms. The molecular formula is C9H11N3O2. The van der Waals surface area contributed by atoms with Gasteiger partial charge >= 0.3 is 0 Å². The fraction of sp³-hybridized carbons (Fsp3) is 0.333. The van der Waals surface area contributed by atoms with E-state index in [1.54, 1.807) is 30.9 Å². The van der Waals surface area contributed by atoms with Crippen molar-refractivity contribution in [2.45, 2.75) is 12.5 Å². The molecule has 0 saturated carbocycles. The summed E-state index contributed by atoms with van der Waals surface area (Å²) in [4.78, 5) is 0. The zero-order valence-electron chi connectivity index (χ0n) is 8.01. The average Bonchev–Trinajstić information content (AvgIpc) is 2.72. The van der Waals surface area contributed by atoms with Crippen LogP contribution in [0.1, 0.15) is 18.2 Å². The molecule has 5 nitrogen and oxygen atoms in total. The molecule has 0 spiro atoms. The summed E-state index contributed by atoms with van der Waals surface area (Å²) >= 11 is 0. The highest BCUT2D eigenvalue weighted by Gasteiger charge is 2.29. The Morgan fingerprint density at radius 3 is 2.86 bits per heavy atom. The molecule has 0 fully saturated rings. The zero-order valence-corrected chi connectivity index (χ0v) is 8.01. The number of aryl methyl sites for hydroxylation is 1. The molecule has 2 aromatic heterocycles. The van der Waals surface area contributed by atoms with Gasteiger partial charge in [-0.15, -0.1) is 5.10 Å². The van der Waals surface area contributed by atoms with Crippen LogP contribution >= 0.6 is 0 Å². The first-order valence-corrected chi connectivity index (χ1v) is 4.22. The Morgan fingerprint density at radius 2 is 2.36 bits per heavy atom. The van der Waals surface area contributed by atoms with E-state index in [1.165, 1.54) is 12.5 Å². The van der Waals surface area contributed by atoms with E-state index in [1.807, 2.05) is 0 Å². The van der Waals surface area contributed by atoms with Crippen molar-refractivity contribution >= 4 is 0 Å². The van der Waals surface area contributed by atoms with Crippen LogP contribution in [0.25, 0.3) is 0 Å². The molecule has 0 saturated heterocycles. The quantitative estimate of drug-likeness (QED) is 0.761. The summed E-state index contributed by atoms with van der Waals surface area (Å²) < 4.78 is 6.46. The van der Waals surface area contributed by atoms with Gasteiger partial charge in [0.15, 0.2) is 0 Å². The number of nitrogens with zero attached hydrogens (tertiary/aromatic N) is 3. The minimum absolute atomic E-state index is 0.501. The maximum Gasteiger partial charge on any atom is 0.135 e. The normalized spacial score (nSPS) is 15.4. The maximum atomic E-state index is 10.2. The van der Waals surface area contributed by atoms with Crippen molar-refractivity contribution in [2.24, 2.45) is 7.05 Å². The Morgan fingerprint density at radius 1 is 1.57 bits per heavy atom. The van der Waals surface area contributed by atoms with E-state index in [9.17, 15) is 5.11 Å². The summed E-state index contributed by atoms with van der Waals surface area (Å²) in [5.74, 6) is 0. The van der Waals surface area contributed by atoms with Gasteiger partial charge in [0.2, 0.25) is 0 Å². The molecule has 5 heteroatoms. The van der Waals surface area contributed by atoms with Gasteiger partial charge in [0.25, 0.3) is 0 Å². The molecule has 1 N–H and O–H groups in total. The third-order valence-electron chi connectivity index (χ3n) is 2.18. The van der Waals surface area contributed by atoms with Gasteiger partial charge in [-0.2, -0.15) is 0 Å². The molecule has 74 valence electrons. The van der Waals surface area contributed by atoms with E-state index >= 15 is 0 Å². The number of aliphatic hydroxyl groups is 1. The Bertz CT molecular complexity index is 417. The molecule has 1 unspecified atom stereocenters. The molecule has 2 aromatic rings. The molecule has 0 radical (unpaired) electrons. The lowest BCUT2D eigenvalue weighted by Gasteiger charge is -2.17. The first-order valence-electron chi connectivity index (χ1n) is 4.22. The summed E-state index contributed by atoms with van der Waals surface area (Å²) in [6.07, 6.45) is 4.68. The van der Waals surface area contributed by atoms with Crippen LogP contribution in [0.5, 0.6) is 0 Å². The maximum absolute atomic E-state index is 10.2. The molecule has 0 aliphatic carbocycles. The second-order valence-electron chi connectivity index (χ2n) is 3.36. The SMILES string of the molecule is Cn1cc(C(C)(O)c2ccoc2)nn1. The fourth-order valence-corrected chi connectivity index (χ4v) is 1.26. The predicted molar refractivity (Wildman–Crippen MR) is 48.4 cm³/mol. The predicted octanol–water partition coefficient (Wildman–Crippen LogP) is 0.664. The first-order chi connectivity index (χ1) is 6.60. The number of hydrogen-bond donors (Lipinski definition) is 1. The molecule has 1 atom stereocenters. The van der Waals surface area contributed by atoms with Crippen LogP contribution < -0.4 is 0 Å². The number of hydrogen-bond acceptors (Lipinski definition) is 4. The lowest BCUT2D eigenvalue weighted by Crippen LogP contribution is -2.22. The van der Waals surface area contributed by atoms with Crippen molar-refractivity contribution in [3.63, 3.8) is 0 Å². The van der Waals surface area contributed by atoms with Crippen molar-refractivity contribution < 1.29 is 9.52 Å². The van der Waals surface area contributed by atoms with Gasteiger partial charge < -0.3 is 9.52 Å². The smallest absolute Gasteiger partial charge is 0.135 e. The summed E-state index contributed by atoms with van der Waals surface area (Å²) in [5, 5.41) is 17.8. The summed E-state index contributed by atoms with van der Waals surface area (Å²) in [6, 6.07) is 1.70. The lowest BCUT2D eigenvalue weighted by atomic mass is 9.96. The van der Waals surface area contributed by atoms with Crippen LogP contribution in [0.3, 0.4) is 0 Å². The Hall–Kier alpha value is -1.62. The van der Waals surface area contributed by atoms with E-state index < -0.39 is 5.60 Å². The molecule has 2 rings (SSSR count). The third kappa shape index (κ3) is 1.31. The van der Waals surface area contributed by atoms with E-state index in [0.717, 1.165) is 0 Å². The summed E-state index contributed by atoms with van der Waals surface area (Å²) in [6.45, 7) is 1.65. The van der Waals surface area contributed by atoms with Crippen molar-refractivity contribution in [3.05, 3.63) is 36.0 Å². The average molecular weight is 193 g/mol. The molecular weight excluding hydrogens is 182 g/mol. The number of rotatable bonds is 2. The van der Waals surface area contributed by atoms with Crippen LogP contribution in [0.15, 0.2) is 29.2 Å². The molecule has 14 heavy (non-hydrogen) atoms. The zero-order chi connectivity index (χ0) is 10.2. The van der Waals surface area contributed by atoms with Crippen LogP contribution in [-0.4, -0.2) is 20.1 Å². The van der Waals surface area contributed by atoms with Crippen molar-refractivity contribution in [1.82, 2.24) is 15.0 Å². The second kappa shape index (κ2) is 2.95. The van der Waals surface area contributed by atoms with Gasteiger partial charge in [-0.1, -0.05) is 5.21 Å². The van der Waals surface area contributed by atoms with Crippen molar-refractivity contribution in [2.75, 3.05) is 0 Å². The van der Waals surface area contributed by atoms with Gasteiger partial charge in [-0.05, 0) is 13.0 Å². The van der Waals surface area contributed by atoms with Crippen molar-refractivity contribution in [1.29, 1.82) is 0 Å². The highest BCUT2D eigenvalue weighted by molar-refractivity contribution is 5.25. The molecule has 0 aliphatic rings. The minimum Gasteiger partial charge on any atom is -0.472 e. The van der Waals surface area contributed by atoms with Crippen LogP contribution in [-0.2, 0) is 12.6 Å². The highest BCUT2D eigenvalue weighted by Crippen LogP contribution is 2.27. The lowest BCUT2D eigenvalue weighted by molar-refractivity contribution is 0.0965. The second-order valence-corrected chi connectivity index (χ2v) is 3.36. The van der Waals surface area contributed by atoms with E-state index in [4.69, 9.17) is 4.42 Å². The van der Waals surface area contributed by atoms with Gasteiger partial charge in [-0.25, -0.2) is 0 Å². The van der Waals surface area contributed by atoms with E-state index in [-0.39, 0.29) is 0 Å². The van der Waals surface area contributed by atoms with Crippen LogP contribution in [0.4, 0.5) is 0 Å². The minimum atomic E-state index is -1.15. The Labute approximate surface area is 81.0 Å². The Kier molecular flexibility index (Phi) is 1.89. The standard InChI is InChI=1S/C9H11N3O2/c1-9(13,7-3-4-14-6-7)8-5-12(2)11-10-8/h3-6,13H,1-2H3. The highest BCUT2D eigenvalue weighted by atomic mass is 16.3. The molecule has 0 aromatic carbocycles. The first kappa shape index (κ1) is 8.96. The molecule has 0 aliphatic heterocycles. The number of furan rings is 1. The van der Waals surface area contributed by atoms with Gasteiger partial charge in [0.1, 0.15) is 11.3 Å². The molecule has 2 heterocycles. The van der Waals surface area contributed by atoms with Crippen LogP contribution in [0.2, 0.25) is 0 Å². The monoisotopic (exact) mass is 193 g/mol. The topological polar surface area (TPSA) is 64.1 Å². The fourth-order valence-electron chi connectivity index (χ4n) is 1.26. The Balaban J connectivity index is 2.42. The summed E-state index contributed by atoms with van der Waals surface area (Å²) in [7, 11) is 1.75. The summed E-state index contributed by atoms with van der Waals surface area (Å²) in [5.41, 5.74) is 0.0146.